The van der Waals surface area contributed by atoms with Crippen LogP contribution in [0.2, 0.25) is 0 Å². The maximum atomic E-state index is 11.3. The largest absolute Gasteiger partial charge is 0.481 e. The Morgan fingerprint density at radius 2 is 2.05 bits per heavy atom. The van der Waals surface area contributed by atoms with Crippen LogP contribution in [0.15, 0.2) is 24.3 Å². The summed E-state index contributed by atoms with van der Waals surface area (Å²) in [6.07, 6.45) is 1.28. The summed E-state index contributed by atoms with van der Waals surface area (Å²) in [5.74, 6) is 4.37. The van der Waals surface area contributed by atoms with Gasteiger partial charge in [0.25, 0.3) is 0 Å². The molecule has 4 nitrogen and oxygen atoms in total. The Morgan fingerprint density at radius 1 is 1.37 bits per heavy atom. The summed E-state index contributed by atoms with van der Waals surface area (Å²) in [5.41, 5.74) is 0.627. The fourth-order valence-electron chi connectivity index (χ4n) is 2.02. The Morgan fingerprint density at radius 3 is 2.63 bits per heavy atom. The molecule has 1 N–H and O–H groups in total. The number of carbonyl (C=O) groups excluding carboxylic acids is 1. The van der Waals surface area contributed by atoms with Crippen LogP contribution in [0.5, 0.6) is 0 Å². The molecule has 1 aromatic rings. The number of carboxylic acids is 1. The molecule has 98 valence electrons. The number of rotatable bonds is 3. The van der Waals surface area contributed by atoms with E-state index in [0.29, 0.717) is 18.4 Å². The lowest BCUT2D eigenvalue weighted by Crippen LogP contribution is -2.20. The molecule has 1 aliphatic rings. The van der Waals surface area contributed by atoms with Crippen LogP contribution in [0.4, 0.5) is 0 Å². The van der Waals surface area contributed by atoms with E-state index in [1.807, 2.05) is 12.1 Å². The summed E-state index contributed by atoms with van der Waals surface area (Å²) < 4.78 is 4.50. The van der Waals surface area contributed by atoms with Gasteiger partial charge < -0.3 is 9.84 Å². The van der Waals surface area contributed by atoms with E-state index in [4.69, 9.17) is 0 Å². The number of aliphatic carboxylic acids is 1. The fourth-order valence-corrected chi connectivity index (χ4v) is 2.02. The van der Waals surface area contributed by atoms with E-state index in [-0.39, 0.29) is 6.42 Å². The van der Waals surface area contributed by atoms with E-state index in [2.05, 4.69) is 16.6 Å². The minimum Gasteiger partial charge on any atom is -0.481 e. The van der Waals surface area contributed by atoms with Crippen LogP contribution in [0.3, 0.4) is 0 Å². The third-order valence-corrected chi connectivity index (χ3v) is 3.29. The van der Waals surface area contributed by atoms with Gasteiger partial charge >= 0.3 is 11.9 Å². The van der Waals surface area contributed by atoms with Crippen molar-refractivity contribution in [3.8, 4) is 11.8 Å². The topological polar surface area (TPSA) is 63.6 Å². The Kier molecular flexibility index (Phi) is 3.57. The summed E-state index contributed by atoms with van der Waals surface area (Å²) in [5, 5.41) is 9.31. The average Bonchev–Trinajstić information content (AvgIpc) is 3.20. The second-order valence-electron chi connectivity index (χ2n) is 4.49. The predicted molar refractivity (Wildman–Crippen MR) is 68.5 cm³/mol. The molecule has 0 saturated heterocycles. The number of methoxy groups -OCH3 is 1. The number of ether oxygens (including phenoxy) is 1. The molecule has 0 atom stereocenters. The van der Waals surface area contributed by atoms with Crippen molar-refractivity contribution in [2.75, 3.05) is 7.11 Å². The molecular weight excluding hydrogens is 244 g/mol. The minimum atomic E-state index is -0.810. The molecule has 19 heavy (non-hydrogen) atoms. The molecule has 1 aromatic carbocycles. The highest BCUT2D eigenvalue weighted by Crippen LogP contribution is 2.49. The summed E-state index contributed by atoms with van der Waals surface area (Å²) in [6, 6.07) is 7.19. The molecule has 0 aromatic heterocycles. The lowest BCUT2D eigenvalue weighted by Gasteiger charge is -2.12. The first-order chi connectivity index (χ1) is 9.10. The van der Waals surface area contributed by atoms with Crippen LogP contribution in [0, 0.1) is 11.8 Å². The maximum absolute atomic E-state index is 11.3. The summed E-state index contributed by atoms with van der Waals surface area (Å²) in [6.45, 7) is 0. The lowest BCUT2D eigenvalue weighted by molar-refractivity contribution is -0.140. The van der Waals surface area contributed by atoms with Crippen molar-refractivity contribution in [2.24, 2.45) is 0 Å². The zero-order valence-electron chi connectivity index (χ0n) is 10.6. The predicted octanol–water partition coefficient (Wildman–Crippen LogP) is 1.72. The third kappa shape index (κ3) is 2.60. The number of carboxylic acid groups (broad SMARTS) is 1. The summed E-state index contributed by atoms with van der Waals surface area (Å²) >= 11 is 0. The van der Waals surface area contributed by atoms with Gasteiger partial charge in [-0.3, -0.25) is 9.59 Å². The molecule has 1 fully saturated rings. The third-order valence-electron chi connectivity index (χ3n) is 3.29. The van der Waals surface area contributed by atoms with Gasteiger partial charge in [0.1, 0.15) is 6.42 Å². The first-order valence-corrected chi connectivity index (χ1v) is 5.99. The van der Waals surface area contributed by atoms with Crippen molar-refractivity contribution < 1.29 is 19.4 Å². The lowest BCUT2D eigenvalue weighted by atomic mass is 9.91. The van der Waals surface area contributed by atoms with Crippen molar-refractivity contribution in [1.29, 1.82) is 0 Å². The normalized spacial score (nSPS) is 15.0. The van der Waals surface area contributed by atoms with Gasteiger partial charge in [-0.05, 0) is 24.5 Å². The number of esters is 1. The molecule has 2 rings (SSSR count). The minimum absolute atomic E-state index is 0.00487. The van der Waals surface area contributed by atoms with E-state index in [1.165, 1.54) is 7.11 Å². The summed E-state index contributed by atoms with van der Waals surface area (Å²) in [4.78, 5) is 22.3. The van der Waals surface area contributed by atoms with Crippen molar-refractivity contribution in [3.05, 3.63) is 35.4 Å². The highest BCUT2D eigenvalue weighted by molar-refractivity contribution is 5.86. The zero-order valence-corrected chi connectivity index (χ0v) is 10.6. The van der Waals surface area contributed by atoms with Crippen LogP contribution >= 0.6 is 0 Å². The van der Waals surface area contributed by atoms with Crippen molar-refractivity contribution in [1.82, 2.24) is 0 Å². The van der Waals surface area contributed by atoms with Gasteiger partial charge in [0.15, 0.2) is 0 Å². The van der Waals surface area contributed by atoms with Gasteiger partial charge in [0, 0.05) is 5.56 Å². The second-order valence-corrected chi connectivity index (χ2v) is 4.49. The Labute approximate surface area is 111 Å². The van der Waals surface area contributed by atoms with Crippen molar-refractivity contribution in [2.45, 2.75) is 24.7 Å². The SMILES string of the molecule is COC(=O)CC#Cc1ccccc1C1(C(=O)O)CC1. The van der Waals surface area contributed by atoms with E-state index in [0.717, 1.165) is 5.56 Å². The van der Waals surface area contributed by atoms with Crippen molar-refractivity contribution >= 4 is 11.9 Å². The standard InChI is InChI=1S/C15H14O4/c1-19-13(16)8-4-6-11-5-2-3-7-12(11)15(9-10-15)14(17)18/h2-3,5,7H,8-10H2,1H3,(H,17,18). The van der Waals surface area contributed by atoms with Crippen molar-refractivity contribution in [3.63, 3.8) is 0 Å². The second kappa shape index (κ2) is 5.15. The molecule has 0 radical (unpaired) electrons. The van der Waals surface area contributed by atoms with E-state index in [9.17, 15) is 14.7 Å². The highest BCUT2D eigenvalue weighted by Gasteiger charge is 2.52. The number of hydrogen-bond acceptors (Lipinski definition) is 3. The molecular formula is C15H14O4. The Balaban J connectivity index is 2.28. The molecule has 0 amide bonds. The first kappa shape index (κ1) is 13.2. The Bertz CT molecular complexity index is 573. The van der Waals surface area contributed by atoms with Gasteiger partial charge in [-0.1, -0.05) is 30.0 Å². The highest BCUT2D eigenvalue weighted by atomic mass is 16.5. The van der Waals surface area contributed by atoms with Gasteiger partial charge in [0.2, 0.25) is 0 Å². The first-order valence-electron chi connectivity index (χ1n) is 5.99. The van der Waals surface area contributed by atoms with Gasteiger partial charge in [0.05, 0.1) is 12.5 Å². The molecule has 0 heterocycles. The van der Waals surface area contributed by atoms with E-state index >= 15 is 0 Å². The van der Waals surface area contributed by atoms with Crippen LogP contribution in [-0.4, -0.2) is 24.2 Å². The van der Waals surface area contributed by atoms with Crippen LogP contribution in [-0.2, 0) is 19.7 Å². The van der Waals surface area contributed by atoms with Crippen LogP contribution in [0.25, 0.3) is 0 Å². The number of carbonyl (C=O) groups is 2. The van der Waals surface area contributed by atoms with Gasteiger partial charge in [-0.15, -0.1) is 0 Å². The van der Waals surface area contributed by atoms with E-state index in [1.54, 1.807) is 12.1 Å². The number of benzene rings is 1. The molecule has 1 aliphatic carbocycles. The van der Waals surface area contributed by atoms with E-state index < -0.39 is 17.4 Å². The Hall–Kier alpha value is -2.28. The quantitative estimate of drug-likeness (QED) is 0.662. The average molecular weight is 258 g/mol. The molecule has 0 spiro atoms. The fraction of sp³-hybridized carbons (Fsp3) is 0.333. The zero-order chi connectivity index (χ0) is 13.9. The molecule has 1 saturated carbocycles. The van der Waals surface area contributed by atoms with Gasteiger partial charge in [-0.2, -0.15) is 0 Å². The maximum Gasteiger partial charge on any atom is 0.317 e. The summed E-state index contributed by atoms with van der Waals surface area (Å²) in [7, 11) is 1.31. The van der Waals surface area contributed by atoms with Crippen LogP contribution in [0.1, 0.15) is 30.4 Å². The molecule has 4 heteroatoms. The van der Waals surface area contributed by atoms with Gasteiger partial charge in [-0.25, -0.2) is 0 Å². The monoisotopic (exact) mass is 258 g/mol. The number of hydrogen-bond donors (Lipinski definition) is 1. The molecule has 0 aliphatic heterocycles. The smallest absolute Gasteiger partial charge is 0.317 e. The van der Waals surface area contributed by atoms with Crippen LogP contribution < -0.4 is 0 Å². The molecule has 0 bridgehead atoms. The molecule has 0 unspecified atom stereocenters.